The number of carbonyl (C=O) groups is 1. The first-order valence-electron chi connectivity index (χ1n) is 10.4. The number of hydrogen-bond donors (Lipinski definition) is 1. The van der Waals surface area contributed by atoms with Crippen LogP contribution in [0.3, 0.4) is 0 Å². The second-order valence-electron chi connectivity index (χ2n) is 7.86. The molecule has 0 spiro atoms. The summed E-state index contributed by atoms with van der Waals surface area (Å²) in [5, 5.41) is 3.09. The molecule has 0 saturated carbocycles. The number of rotatable bonds is 9. The summed E-state index contributed by atoms with van der Waals surface area (Å²) in [5.41, 5.74) is 3.94. The Kier molecular flexibility index (Phi) is 7.10. The van der Waals surface area contributed by atoms with Crippen LogP contribution in [0.2, 0.25) is 0 Å². The van der Waals surface area contributed by atoms with Gasteiger partial charge in [0.1, 0.15) is 0 Å². The molecule has 1 N–H and O–H groups in total. The molecule has 2 aromatic rings. The zero-order chi connectivity index (χ0) is 22.6. The first-order chi connectivity index (χ1) is 14.7. The van der Waals surface area contributed by atoms with Gasteiger partial charge in [0.15, 0.2) is 11.5 Å². The van der Waals surface area contributed by atoms with Gasteiger partial charge in [-0.2, -0.15) is 0 Å². The molecular formula is C23H30N2O5S. The number of carbonyl (C=O) groups excluding carboxylic acids is 1. The van der Waals surface area contributed by atoms with Gasteiger partial charge in [0.2, 0.25) is 22.7 Å². The molecule has 7 nitrogen and oxygen atoms in total. The lowest BCUT2D eigenvalue weighted by Crippen LogP contribution is -2.33. The lowest BCUT2D eigenvalue weighted by molar-refractivity contribution is -0.121. The summed E-state index contributed by atoms with van der Waals surface area (Å²) in [7, 11) is -3.51. The van der Waals surface area contributed by atoms with E-state index in [1.165, 1.54) is 9.87 Å². The summed E-state index contributed by atoms with van der Waals surface area (Å²) >= 11 is 0. The van der Waals surface area contributed by atoms with Crippen LogP contribution in [-0.2, 0) is 14.8 Å². The maximum atomic E-state index is 12.6. The van der Waals surface area contributed by atoms with E-state index in [2.05, 4.69) is 17.4 Å². The number of nitrogens with zero attached hydrogens (tertiary/aromatic N) is 1. The number of anilines is 1. The molecule has 0 aromatic heterocycles. The average Bonchev–Trinajstić information content (AvgIpc) is 3.16. The van der Waals surface area contributed by atoms with Crippen LogP contribution < -0.4 is 19.1 Å². The molecule has 0 bridgehead atoms. The van der Waals surface area contributed by atoms with Crippen molar-refractivity contribution in [2.45, 2.75) is 46.1 Å². The zero-order valence-corrected chi connectivity index (χ0v) is 19.3. The summed E-state index contributed by atoms with van der Waals surface area (Å²) in [4.78, 5) is 12.6. The number of aryl methyl sites for hydroxylation is 2. The molecule has 1 heterocycles. The second-order valence-corrected chi connectivity index (χ2v) is 9.77. The number of amides is 1. The number of fused-ring (bicyclic) bond motifs is 1. The molecule has 1 aliphatic heterocycles. The molecule has 8 heteroatoms. The highest BCUT2D eigenvalue weighted by Crippen LogP contribution is 2.36. The van der Waals surface area contributed by atoms with Crippen molar-refractivity contribution in [1.82, 2.24) is 5.32 Å². The second kappa shape index (κ2) is 9.60. The van der Waals surface area contributed by atoms with E-state index in [4.69, 9.17) is 9.47 Å². The Morgan fingerprint density at radius 3 is 2.55 bits per heavy atom. The molecule has 3 rings (SSSR count). The van der Waals surface area contributed by atoms with Crippen LogP contribution in [0.1, 0.15) is 48.9 Å². The Labute approximate surface area is 184 Å². The Morgan fingerprint density at radius 2 is 1.87 bits per heavy atom. The number of nitrogens with one attached hydrogen (secondary N) is 1. The molecule has 1 aliphatic rings. The molecule has 0 saturated heterocycles. The molecule has 31 heavy (non-hydrogen) atoms. The summed E-state index contributed by atoms with van der Waals surface area (Å²) in [6.07, 6.45) is 2.57. The maximum absolute atomic E-state index is 12.6. The molecule has 1 amide bonds. The van der Waals surface area contributed by atoms with E-state index in [1.54, 1.807) is 18.2 Å². The van der Waals surface area contributed by atoms with E-state index >= 15 is 0 Å². The van der Waals surface area contributed by atoms with Gasteiger partial charge in [0, 0.05) is 19.0 Å². The predicted molar refractivity (Wildman–Crippen MR) is 121 cm³/mol. The normalized spacial score (nSPS) is 13.7. The van der Waals surface area contributed by atoms with E-state index in [-0.39, 0.29) is 31.7 Å². The molecular weight excluding hydrogens is 416 g/mol. The van der Waals surface area contributed by atoms with E-state index < -0.39 is 10.0 Å². The van der Waals surface area contributed by atoms with Crippen LogP contribution in [0.25, 0.3) is 0 Å². The van der Waals surface area contributed by atoms with Crippen molar-refractivity contribution in [3.05, 3.63) is 53.1 Å². The Hall–Kier alpha value is -2.74. The SMILES string of the molecule is CCC(NC(=O)CCCN(c1ccc2c(c1)OCO2)S(C)(=O)=O)c1ccc(C)cc1C. The summed E-state index contributed by atoms with van der Waals surface area (Å²) in [5.74, 6) is 1.02. The number of benzene rings is 2. The standard InChI is InChI=1S/C23H30N2O5S/c1-5-20(19-10-8-16(2)13-17(19)3)24-23(26)7-6-12-25(31(4,27)28)18-9-11-21-22(14-18)30-15-29-21/h8-11,13-14,20H,5-7,12,15H2,1-4H3,(H,24,26). The molecule has 0 radical (unpaired) electrons. The molecule has 0 fully saturated rings. The van der Waals surface area contributed by atoms with Crippen LogP contribution in [-0.4, -0.2) is 33.9 Å². The molecule has 1 unspecified atom stereocenters. The quantitative estimate of drug-likeness (QED) is 0.633. The third kappa shape index (κ3) is 5.70. The highest BCUT2D eigenvalue weighted by Gasteiger charge is 2.22. The van der Waals surface area contributed by atoms with E-state index in [9.17, 15) is 13.2 Å². The Bertz CT molecular complexity index is 1050. The zero-order valence-electron chi connectivity index (χ0n) is 18.5. The first-order valence-corrected chi connectivity index (χ1v) is 12.3. The van der Waals surface area contributed by atoms with Crippen LogP contribution in [0.5, 0.6) is 11.5 Å². The topological polar surface area (TPSA) is 84.9 Å². The van der Waals surface area contributed by atoms with Gasteiger partial charge in [-0.1, -0.05) is 30.7 Å². The number of hydrogen-bond acceptors (Lipinski definition) is 5. The smallest absolute Gasteiger partial charge is 0.232 e. The third-order valence-electron chi connectivity index (χ3n) is 5.35. The predicted octanol–water partition coefficient (Wildman–Crippen LogP) is 3.85. The van der Waals surface area contributed by atoms with Gasteiger partial charge in [-0.05, 0) is 49.9 Å². The lowest BCUT2D eigenvalue weighted by Gasteiger charge is -2.23. The summed E-state index contributed by atoms with van der Waals surface area (Å²) in [6, 6.07) is 11.2. The van der Waals surface area contributed by atoms with Crippen molar-refractivity contribution in [3.8, 4) is 11.5 Å². The van der Waals surface area contributed by atoms with Gasteiger partial charge in [-0.15, -0.1) is 0 Å². The molecule has 2 aromatic carbocycles. The highest BCUT2D eigenvalue weighted by atomic mass is 32.2. The average molecular weight is 447 g/mol. The van der Waals surface area contributed by atoms with Crippen LogP contribution >= 0.6 is 0 Å². The fourth-order valence-corrected chi connectivity index (χ4v) is 4.75. The molecule has 168 valence electrons. The Morgan fingerprint density at radius 1 is 1.13 bits per heavy atom. The summed E-state index contributed by atoms with van der Waals surface area (Å²) < 4.78 is 36.6. The van der Waals surface area contributed by atoms with Gasteiger partial charge < -0.3 is 14.8 Å². The van der Waals surface area contributed by atoms with E-state index in [0.717, 1.165) is 23.8 Å². The van der Waals surface area contributed by atoms with Crippen molar-refractivity contribution in [2.24, 2.45) is 0 Å². The summed E-state index contributed by atoms with van der Waals surface area (Å²) in [6.45, 7) is 6.45. The van der Waals surface area contributed by atoms with Crippen molar-refractivity contribution in [3.63, 3.8) is 0 Å². The van der Waals surface area contributed by atoms with Crippen molar-refractivity contribution < 1.29 is 22.7 Å². The molecule has 0 aliphatic carbocycles. The minimum absolute atomic E-state index is 0.0621. The van der Waals surface area contributed by atoms with Crippen LogP contribution in [0.15, 0.2) is 36.4 Å². The Balaban J connectivity index is 1.61. The van der Waals surface area contributed by atoms with Gasteiger partial charge >= 0.3 is 0 Å². The van der Waals surface area contributed by atoms with Gasteiger partial charge in [-0.3, -0.25) is 9.10 Å². The van der Waals surface area contributed by atoms with E-state index in [0.29, 0.717) is 23.6 Å². The number of ether oxygens (including phenoxy) is 2. The number of sulfonamides is 1. The minimum Gasteiger partial charge on any atom is -0.454 e. The fraction of sp³-hybridized carbons (Fsp3) is 0.435. The highest BCUT2D eigenvalue weighted by molar-refractivity contribution is 7.92. The lowest BCUT2D eigenvalue weighted by atomic mass is 9.97. The van der Waals surface area contributed by atoms with E-state index in [1.807, 2.05) is 26.8 Å². The van der Waals surface area contributed by atoms with Gasteiger partial charge in [0.25, 0.3) is 0 Å². The minimum atomic E-state index is -3.51. The van der Waals surface area contributed by atoms with Gasteiger partial charge in [0.05, 0.1) is 18.0 Å². The third-order valence-corrected chi connectivity index (χ3v) is 6.55. The molecule has 1 atom stereocenters. The van der Waals surface area contributed by atoms with Crippen molar-refractivity contribution in [1.29, 1.82) is 0 Å². The van der Waals surface area contributed by atoms with Crippen LogP contribution in [0, 0.1) is 13.8 Å². The first kappa shape index (κ1) is 22.9. The fourth-order valence-electron chi connectivity index (χ4n) is 3.79. The van der Waals surface area contributed by atoms with Crippen LogP contribution in [0.4, 0.5) is 5.69 Å². The maximum Gasteiger partial charge on any atom is 0.232 e. The monoisotopic (exact) mass is 446 g/mol. The van der Waals surface area contributed by atoms with Crippen molar-refractivity contribution in [2.75, 3.05) is 23.9 Å². The largest absolute Gasteiger partial charge is 0.454 e. The van der Waals surface area contributed by atoms with Crippen molar-refractivity contribution >= 4 is 21.6 Å². The van der Waals surface area contributed by atoms with Gasteiger partial charge in [-0.25, -0.2) is 8.42 Å².